The van der Waals surface area contributed by atoms with Crippen LogP contribution in [0.1, 0.15) is 11.6 Å². The summed E-state index contributed by atoms with van der Waals surface area (Å²) < 4.78 is 21.4. The molecule has 4 rings (SSSR count). The van der Waals surface area contributed by atoms with Gasteiger partial charge in [0.2, 0.25) is 0 Å². The molecule has 31 heavy (non-hydrogen) atoms. The second kappa shape index (κ2) is 9.22. The van der Waals surface area contributed by atoms with Crippen LogP contribution in [-0.2, 0) is 4.74 Å². The lowest BCUT2D eigenvalue weighted by molar-refractivity contribution is -0.178. The van der Waals surface area contributed by atoms with Crippen molar-refractivity contribution in [2.75, 3.05) is 6.61 Å². The second-order valence-corrected chi connectivity index (χ2v) is 9.11. The first-order chi connectivity index (χ1) is 14.9. The lowest BCUT2D eigenvalue weighted by Gasteiger charge is -2.41. The van der Waals surface area contributed by atoms with Gasteiger partial charge in [0.25, 0.3) is 0 Å². The van der Waals surface area contributed by atoms with Crippen LogP contribution in [0.3, 0.4) is 0 Å². The highest BCUT2D eigenvalue weighted by Crippen LogP contribution is 2.40. The lowest BCUT2D eigenvalue weighted by Crippen LogP contribution is -2.55. The number of halogens is 2. The normalized spacial score (nSPS) is 26.0. The Morgan fingerprint density at radius 2 is 2.16 bits per heavy atom. The van der Waals surface area contributed by atoms with Crippen molar-refractivity contribution in [1.82, 2.24) is 15.0 Å². The highest BCUT2D eigenvalue weighted by Gasteiger charge is 2.46. The number of thioether (sulfide) groups is 1. The van der Waals surface area contributed by atoms with E-state index in [9.17, 15) is 19.7 Å². The first kappa shape index (κ1) is 22.2. The predicted octanol–water partition coefficient (Wildman–Crippen LogP) is 2.44. The van der Waals surface area contributed by atoms with Crippen LogP contribution in [0.4, 0.5) is 4.39 Å². The van der Waals surface area contributed by atoms with E-state index < -0.39 is 42.2 Å². The molecule has 0 spiro atoms. The zero-order chi connectivity index (χ0) is 22.1. The number of ether oxygens (including phenoxy) is 1. The van der Waals surface area contributed by atoms with Gasteiger partial charge in [-0.15, -0.1) is 5.10 Å². The Morgan fingerprint density at radius 3 is 2.84 bits per heavy atom. The minimum Gasteiger partial charge on any atom is -0.394 e. The average molecular weight is 483 g/mol. The molecule has 2 aromatic heterocycles. The lowest BCUT2D eigenvalue weighted by atomic mass is 9.97. The topological polar surface area (TPSA) is 124 Å². The van der Waals surface area contributed by atoms with Gasteiger partial charge in [-0.1, -0.05) is 28.6 Å². The molecule has 0 saturated carbocycles. The third kappa shape index (κ3) is 4.33. The molecule has 12 heteroatoms. The molecule has 0 aliphatic carbocycles. The van der Waals surface area contributed by atoms with Gasteiger partial charge in [-0.25, -0.2) is 9.07 Å². The van der Waals surface area contributed by atoms with Crippen LogP contribution >= 0.6 is 34.7 Å². The van der Waals surface area contributed by atoms with Crippen molar-refractivity contribution in [3.8, 4) is 17.3 Å². The number of thiophene rings is 1. The molecule has 8 nitrogen and oxygen atoms in total. The van der Waals surface area contributed by atoms with Crippen molar-refractivity contribution in [2.24, 2.45) is 0 Å². The van der Waals surface area contributed by atoms with Crippen LogP contribution in [0.5, 0.6) is 0 Å². The predicted molar refractivity (Wildman–Crippen MR) is 112 cm³/mol. The van der Waals surface area contributed by atoms with Gasteiger partial charge < -0.3 is 20.1 Å². The molecular formula is C19H16ClFN4O4S2. The van der Waals surface area contributed by atoms with E-state index in [4.69, 9.17) is 21.6 Å². The van der Waals surface area contributed by atoms with E-state index in [2.05, 4.69) is 10.3 Å². The summed E-state index contributed by atoms with van der Waals surface area (Å²) in [5, 5.41) is 52.2. The summed E-state index contributed by atoms with van der Waals surface area (Å²) in [6.07, 6.45) is -2.08. The van der Waals surface area contributed by atoms with Crippen LogP contribution in [0.15, 0.2) is 40.1 Å². The Labute approximate surface area is 189 Å². The van der Waals surface area contributed by atoms with E-state index in [-0.39, 0.29) is 15.5 Å². The molecule has 5 atom stereocenters. The van der Waals surface area contributed by atoms with Crippen molar-refractivity contribution in [2.45, 2.75) is 34.7 Å². The Hall–Kier alpha value is -2.04. The van der Waals surface area contributed by atoms with Crippen LogP contribution < -0.4 is 0 Å². The zero-order valence-electron chi connectivity index (χ0n) is 15.7. The highest BCUT2D eigenvalue weighted by molar-refractivity contribution is 7.99. The third-order valence-corrected chi connectivity index (χ3v) is 7.05. The highest BCUT2D eigenvalue weighted by atomic mass is 35.5. The van der Waals surface area contributed by atoms with E-state index in [0.717, 1.165) is 23.4 Å². The van der Waals surface area contributed by atoms with E-state index in [0.29, 0.717) is 5.69 Å². The van der Waals surface area contributed by atoms with Crippen molar-refractivity contribution >= 4 is 34.7 Å². The van der Waals surface area contributed by atoms with Crippen molar-refractivity contribution in [3.63, 3.8) is 0 Å². The number of hydrogen-bond acceptors (Lipinski definition) is 9. The van der Waals surface area contributed by atoms with Gasteiger partial charge in [-0.05, 0) is 23.6 Å². The Bertz CT molecular complexity index is 1110. The summed E-state index contributed by atoms with van der Waals surface area (Å²) in [6, 6.07) is 4.93. The largest absolute Gasteiger partial charge is 0.394 e. The fourth-order valence-electron chi connectivity index (χ4n) is 3.27. The van der Waals surface area contributed by atoms with Gasteiger partial charge >= 0.3 is 0 Å². The summed E-state index contributed by atoms with van der Waals surface area (Å²) >= 11 is 8.33. The molecule has 3 aromatic rings. The van der Waals surface area contributed by atoms with Gasteiger partial charge in [0, 0.05) is 15.8 Å². The summed E-state index contributed by atoms with van der Waals surface area (Å²) in [6.45, 7) is -0.524. The average Bonchev–Trinajstić information content (AvgIpc) is 3.44. The van der Waals surface area contributed by atoms with Crippen LogP contribution in [-0.4, -0.2) is 60.7 Å². The first-order valence-electron chi connectivity index (χ1n) is 9.05. The van der Waals surface area contributed by atoms with Crippen LogP contribution in [0.2, 0.25) is 5.02 Å². The number of nitrogens with zero attached hydrogens (tertiary/aromatic N) is 4. The fourth-order valence-corrected chi connectivity index (χ4v) is 5.30. The molecule has 0 radical (unpaired) electrons. The molecule has 1 aromatic carbocycles. The molecule has 0 bridgehead atoms. The van der Waals surface area contributed by atoms with E-state index in [1.807, 2.05) is 16.8 Å². The number of aliphatic hydroxyl groups is 3. The van der Waals surface area contributed by atoms with Gasteiger partial charge in [0.15, 0.2) is 0 Å². The molecule has 3 N–H and O–H groups in total. The number of aliphatic hydroxyl groups excluding tert-OH is 3. The summed E-state index contributed by atoms with van der Waals surface area (Å²) in [7, 11) is 0. The van der Waals surface area contributed by atoms with Crippen molar-refractivity contribution in [3.05, 3.63) is 51.6 Å². The molecule has 3 unspecified atom stereocenters. The summed E-state index contributed by atoms with van der Waals surface area (Å²) in [4.78, 5) is 0.0532. The SMILES string of the molecule is N#Cc1cc(F)c(S[C@H]2OC(CO)[C@H](O)C(n3cc(-c4ccsc4)nn3)C2O)cc1Cl. The molecule has 3 heterocycles. The van der Waals surface area contributed by atoms with Crippen molar-refractivity contribution in [1.29, 1.82) is 5.26 Å². The monoisotopic (exact) mass is 482 g/mol. The Balaban J connectivity index is 1.63. The molecule has 1 fully saturated rings. The molecule has 162 valence electrons. The maximum absolute atomic E-state index is 14.4. The molecule has 0 amide bonds. The van der Waals surface area contributed by atoms with E-state index >= 15 is 0 Å². The maximum Gasteiger partial charge on any atom is 0.138 e. The van der Waals surface area contributed by atoms with E-state index in [1.54, 1.807) is 12.3 Å². The van der Waals surface area contributed by atoms with Gasteiger partial charge in [0.1, 0.15) is 47.4 Å². The minimum absolute atomic E-state index is 0.0151. The second-order valence-electron chi connectivity index (χ2n) is 6.79. The quantitative estimate of drug-likeness (QED) is 0.506. The molecule has 1 aliphatic rings. The maximum atomic E-state index is 14.4. The summed E-state index contributed by atoms with van der Waals surface area (Å²) in [5.41, 5.74) is 0.324. The smallest absolute Gasteiger partial charge is 0.138 e. The van der Waals surface area contributed by atoms with Crippen LogP contribution in [0, 0.1) is 17.1 Å². The first-order valence-corrected chi connectivity index (χ1v) is 11.3. The number of hydrogen-bond donors (Lipinski definition) is 3. The van der Waals surface area contributed by atoms with E-state index in [1.165, 1.54) is 22.1 Å². The Morgan fingerprint density at radius 1 is 1.35 bits per heavy atom. The van der Waals surface area contributed by atoms with Crippen LogP contribution in [0.25, 0.3) is 11.3 Å². The summed E-state index contributed by atoms with van der Waals surface area (Å²) in [5.74, 6) is -0.703. The van der Waals surface area contributed by atoms with Crippen molar-refractivity contribution < 1.29 is 24.4 Å². The zero-order valence-corrected chi connectivity index (χ0v) is 18.1. The number of benzene rings is 1. The standard InChI is InChI=1S/C19H16ClFN4O4S2/c20-11-4-15(12(21)3-10(11)5-22)31-19-18(28)16(17(27)14(7-26)29-19)25-6-13(23-24-25)9-1-2-30-8-9/h1-4,6,8,14,16-19,26-28H,7H2/t14?,16?,17-,18?,19+/m0/s1. The Kier molecular flexibility index (Phi) is 6.59. The molecule has 1 aliphatic heterocycles. The molecule has 1 saturated heterocycles. The number of aromatic nitrogens is 3. The fraction of sp³-hybridized carbons (Fsp3) is 0.316. The molecular weight excluding hydrogens is 467 g/mol. The van der Waals surface area contributed by atoms with Gasteiger partial charge in [0.05, 0.1) is 23.4 Å². The number of nitriles is 1. The minimum atomic E-state index is -1.33. The third-order valence-electron chi connectivity index (χ3n) is 4.87. The van der Waals surface area contributed by atoms with Gasteiger partial charge in [-0.3, -0.25) is 0 Å². The van der Waals surface area contributed by atoms with Gasteiger partial charge in [-0.2, -0.15) is 16.6 Å². The number of rotatable bonds is 5.